The third-order valence-electron chi connectivity index (χ3n) is 4.24. The van der Waals surface area contributed by atoms with Crippen LogP contribution in [0.1, 0.15) is 36.8 Å². The summed E-state index contributed by atoms with van der Waals surface area (Å²) in [6.07, 6.45) is 5.29. The van der Waals surface area contributed by atoms with E-state index in [-0.39, 0.29) is 0 Å². The molecule has 0 aromatic heterocycles. The van der Waals surface area contributed by atoms with Gasteiger partial charge < -0.3 is 5.32 Å². The van der Waals surface area contributed by atoms with Crippen molar-refractivity contribution in [2.75, 3.05) is 14.1 Å². The molecule has 0 amide bonds. The molecular formula is C16H26N2. The molecule has 0 atom stereocenters. The molecule has 0 heterocycles. The highest BCUT2D eigenvalue weighted by Crippen LogP contribution is 2.23. The molecule has 1 aromatic rings. The molecule has 0 saturated heterocycles. The van der Waals surface area contributed by atoms with E-state index in [9.17, 15) is 0 Å². The molecule has 0 radical (unpaired) electrons. The highest BCUT2D eigenvalue weighted by molar-refractivity contribution is 5.22. The molecule has 0 unspecified atom stereocenters. The van der Waals surface area contributed by atoms with Crippen LogP contribution in [0.25, 0.3) is 0 Å². The smallest absolute Gasteiger partial charge is 0.0233 e. The van der Waals surface area contributed by atoms with Gasteiger partial charge in [0.25, 0.3) is 0 Å². The van der Waals surface area contributed by atoms with E-state index in [0.717, 1.165) is 18.6 Å². The molecule has 18 heavy (non-hydrogen) atoms. The summed E-state index contributed by atoms with van der Waals surface area (Å²) in [4.78, 5) is 2.53. The molecule has 2 nitrogen and oxygen atoms in total. The molecule has 0 aliphatic heterocycles. The van der Waals surface area contributed by atoms with Gasteiger partial charge in [-0.05, 0) is 52.3 Å². The molecule has 2 heteroatoms. The predicted molar refractivity (Wildman–Crippen MR) is 77.7 cm³/mol. The van der Waals surface area contributed by atoms with Gasteiger partial charge >= 0.3 is 0 Å². The Morgan fingerprint density at radius 3 is 2.56 bits per heavy atom. The molecule has 1 aromatic carbocycles. The van der Waals surface area contributed by atoms with Crippen LogP contribution in [0.3, 0.4) is 0 Å². The average molecular weight is 246 g/mol. The van der Waals surface area contributed by atoms with Gasteiger partial charge in [-0.15, -0.1) is 0 Å². The first-order valence-electron chi connectivity index (χ1n) is 7.12. The van der Waals surface area contributed by atoms with Gasteiger partial charge in [0.05, 0.1) is 0 Å². The van der Waals surface area contributed by atoms with E-state index in [0.29, 0.717) is 0 Å². The lowest BCUT2D eigenvalue weighted by Gasteiger charge is -2.34. The second-order valence-electron chi connectivity index (χ2n) is 5.70. The van der Waals surface area contributed by atoms with E-state index in [1.54, 1.807) is 0 Å². The first-order chi connectivity index (χ1) is 8.69. The van der Waals surface area contributed by atoms with Crippen LogP contribution in [0.2, 0.25) is 0 Å². The number of nitrogens with zero attached hydrogens (tertiary/aromatic N) is 1. The molecule has 1 aliphatic carbocycles. The molecule has 100 valence electrons. The first-order valence-corrected chi connectivity index (χ1v) is 7.12. The van der Waals surface area contributed by atoms with E-state index in [1.807, 2.05) is 0 Å². The van der Waals surface area contributed by atoms with Crippen molar-refractivity contribution >= 4 is 0 Å². The first kappa shape index (κ1) is 13.6. The average Bonchev–Trinajstić information content (AvgIpc) is 2.39. The third-order valence-corrected chi connectivity index (χ3v) is 4.24. The number of nitrogens with one attached hydrogen (secondary N) is 1. The summed E-state index contributed by atoms with van der Waals surface area (Å²) in [6.45, 7) is 3.25. The van der Waals surface area contributed by atoms with Gasteiger partial charge in [0.15, 0.2) is 0 Å². The van der Waals surface area contributed by atoms with E-state index in [1.165, 1.54) is 36.8 Å². The van der Waals surface area contributed by atoms with E-state index < -0.39 is 0 Å². The summed E-state index contributed by atoms with van der Waals surface area (Å²) in [5, 5.41) is 3.40. The lowest BCUT2D eigenvalue weighted by Crippen LogP contribution is -2.39. The number of hydrogen-bond acceptors (Lipinski definition) is 2. The number of hydrogen-bond donors (Lipinski definition) is 1. The largest absolute Gasteiger partial charge is 0.317 e. The maximum atomic E-state index is 3.40. The van der Waals surface area contributed by atoms with Crippen LogP contribution in [0, 0.1) is 6.92 Å². The molecule has 1 saturated carbocycles. The zero-order chi connectivity index (χ0) is 13.0. The van der Waals surface area contributed by atoms with Crippen molar-refractivity contribution in [3.63, 3.8) is 0 Å². The van der Waals surface area contributed by atoms with Gasteiger partial charge in [-0.1, -0.05) is 29.8 Å². The van der Waals surface area contributed by atoms with Crippen LogP contribution < -0.4 is 5.32 Å². The summed E-state index contributed by atoms with van der Waals surface area (Å²) in [7, 11) is 4.36. The van der Waals surface area contributed by atoms with Crippen molar-refractivity contribution in [2.45, 2.75) is 51.2 Å². The normalized spacial score (nSPS) is 24.4. The van der Waals surface area contributed by atoms with Crippen molar-refractivity contribution in [3.05, 3.63) is 35.4 Å². The van der Waals surface area contributed by atoms with Crippen LogP contribution in [0.4, 0.5) is 0 Å². The summed E-state index contributed by atoms with van der Waals surface area (Å²) in [5.74, 6) is 0. The van der Waals surface area contributed by atoms with Crippen LogP contribution in [-0.4, -0.2) is 31.1 Å². The summed E-state index contributed by atoms with van der Waals surface area (Å²) in [6, 6.07) is 10.4. The minimum Gasteiger partial charge on any atom is -0.317 e. The maximum Gasteiger partial charge on any atom is 0.0233 e. The summed E-state index contributed by atoms with van der Waals surface area (Å²) < 4.78 is 0. The van der Waals surface area contributed by atoms with E-state index >= 15 is 0 Å². The van der Waals surface area contributed by atoms with Crippen molar-refractivity contribution < 1.29 is 0 Å². The fraction of sp³-hybridized carbons (Fsp3) is 0.625. The zero-order valence-corrected chi connectivity index (χ0v) is 11.9. The van der Waals surface area contributed by atoms with Crippen LogP contribution in [0.15, 0.2) is 24.3 Å². The predicted octanol–water partition coefficient (Wildman–Crippen LogP) is 2.96. The van der Waals surface area contributed by atoms with Crippen molar-refractivity contribution in [3.8, 4) is 0 Å². The maximum absolute atomic E-state index is 3.40. The van der Waals surface area contributed by atoms with Gasteiger partial charge in [-0.3, -0.25) is 4.90 Å². The van der Waals surface area contributed by atoms with E-state index in [4.69, 9.17) is 0 Å². The molecule has 1 aliphatic rings. The monoisotopic (exact) mass is 246 g/mol. The molecule has 0 bridgehead atoms. The fourth-order valence-electron chi connectivity index (χ4n) is 3.03. The lowest BCUT2D eigenvalue weighted by molar-refractivity contribution is 0.170. The lowest BCUT2D eigenvalue weighted by atomic mass is 9.90. The Morgan fingerprint density at radius 2 is 1.94 bits per heavy atom. The Balaban J connectivity index is 1.87. The highest BCUT2D eigenvalue weighted by Gasteiger charge is 2.22. The quantitative estimate of drug-likeness (QED) is 0.878. The Morgan fingerprint density at radius 1 is 1.22 bits per heavy atom. The minimum atomic E-state index is 0.744. The van der Waals surface area contributed by atoms with Crippen LogP contribution >= 0.6 is 0 Å². The number of benzene rings is 1. The van der Waals surface area contributed by atoms with Gasteiger partial charge in [0, 0.05) is 18.6 Å². The SMILES string of the molecule is CNC1CCC(N(C)Cc2cccc(C)c2)CC1. The fourth-order valence-corrected chi connectivity index (χ4v) is 3.03. The minimum absolute atomic E-state index is 0.744. The highest BCUT2D eigenvalue weighted by atomic mass is 15.1. The number of rotatable bonds is 4. The Hall–Kier alpha value is -0.860. The van der Waals surface area contributed by atoms with Crippen molar-refractivity contribution in [1.82, 2.24) is 10.2 Å². The Bertz CT molecular complexity index is 367. The van der Waals surface area contributed by atoms with Gasteiger partial charge in [0.1, 0.15) is 0 Å². The second-order valence-corrected chi connectivity index (χ2v) is 5.70. The topological polar surface area (TPSA) is 15.3 Å². The molecule has 1 N–H and O–H groups in total. The molecule has 1 fully saturated rings. The zero-order valence-electron chi connectivity index (χ0n) is 11.9. The summed E-state index contributed by atoms with van der Waals surface area (Å²) in [5.41, 5.74) is 2.80. The Kier molecular flexibility index (Phi) is 4.79. The molecular weight excluding hydrogens is 220 g/mol. The van der Waals surface area contributed by atoms with Gasteiger partial charge in [-0.2, -0.15) is 0 Å². The third kappa shape index (κ3) is 3.56. The van der Waals surface area contributed by atoms with Gasteiger partial charge in [0.2, 0.25) is 0 Å². The van der Waals surface area contributed by atoms with Crippen molar-refractivity contribution in [1.29, 1.82) is 0 Å². The van der Waals surface area contributed by atoms with Crippen molar-refractivity contribution in [2.24, 2.45) is 0 Å². The van der Waals surface area contributed by atoms with Gasteiger partial charge in [-0.25, -0.2) is 0 Å². The Labute approximate surface area is 111 Å². The van der Waals surface area contributed by atoms with E-state index in [2.05, 4.69) is 55.5 Å². The number of aryl methyl sites for hydroxylation is 1. The summed E-state index contributed by atoms with van der Waals surface area (Å²) >= 11 is 0. The van der Waals surface area contributed by atoms with Crippen LogP contribution in [-0.2, 0) is 6.54 Å². The standard InChI is InChI=1S/C16H26N2/c1-13-5-4-6-14(11-13)12-18(3)16-9-7-15(17-2)8-10-16/h4-6,11,15-17H,7-10,12H2,1-3H3. The van der Waals surface area contributed by atoms with Crippen LogP contribution in [0.5, 0.6) is 0 Å². The molecule has 2 rings (SSSR count). The second kappa shape index (κ2) is 6.35. The molecule has 0 spiro atoms.